The molecule has 1 aromatic rings. The predicted octanol–water partition coefficient (Wildman–Crippen LogP) is 4.99. The summed E-state index contributed by atoms with van der Waals surface area (Å²) in [4.78, 5) is 0. The predicted molar refractivity (Wildman–Crippen MR) is 85.4 cm³/mol. The second-order valence-electron chi connectivity index (χ2n) is 5.10. The molecule has 20 heavy (non-hydrogen) atoms. The van der Waals surface area contributed by atoms with Crippen LogP contribution in [0.5, 0.6) is 0 Å². The number of halogens is 2. The first-order valence-electron chi connectivity index (χ1n) is 7.11. The molecule has 2 atom stereocenters. The van der Waals surface area contributed by atoms with Gasteiger partial charge in [0, 0.05) is 12.8 Å². The van der Waals surface area contributed by atoms with E-state index in [9.17, 15) is 13.9 Å². The van der Waals surface area contributed by atoms with Gasteiger partial charge in [-0.15, -0.1) is 9.24 Å². The molecular weight excluding hydrogens is 277 g/mol. The number of aliphatic hydroxyl groups is 1. The Hall–Kier alpha value is -0.530. The van der Waals surface area contributed by atoms with E-state index >= 15 is 0 Å². The van der Waals surface area contributed by atoms with Crippen LogP contribution >= 0.6 is 9.24 Å². The average Bonchev–Trinajstić information content (AvgIpc) is 2.46. The molecule has 0 radical (unpaired) electrons. The van der Waals surface area contributed by atoms with Crippen molar-refractivity contribution in [3.8, 4) is 0 Å². The minimum absolute atomic E-state index is 0.0771. The Kier molecular flexibility index (Phi) is 9.16. The second kappa shape index (κ2) is 9.41. The molecule has 1 N–H and O–H groups in total. The highest BCUT2D eigenvalue weighted by atomic mass is 31.0. The van der Waals surface area contributed by atoms with Crippen molar-refractivity contribution in [1.29, 1.82) is 0 Å². The van der Waals surface area contributed by atoms with Crippen molar-refractivity contribution >= 4 is 9.24 Å². The van der Waals surface area contributed by atoms with Gasteiger partial charge in [0.15, 0.2) is 0 Å². The minimum Gasteiger partial charge on any atom is -0.385 e. The first-order chi connectivity index (χ1) is 9.37. The standard InChI is InChI=1S/C15H22F2O.CH5P/c1-3-4-10-15(16,17)12-11-14(2,18)13-8-6-5-7-9-13;1-2/h5-9,18H,3-4,10-12H2,1-2H3;2H2,1H3. The number of benzene rings is 1. The van der Waals surface area contributed by atoms with Crippen molar-refractivity contribution in [3.05, 3.63) is 35.9 Å². The van der Waals surface area contributed by atoms with Crippen molar-refractivity contribution in [2.24, 2.45) is 0 Å². The highest BCUT2D eigenvalue weighted by Crippen LogP contribution is 2.33. The zero-order chi connectivity index (χ0) is 15.6. The number of hydrogen-bond donors (Lipinski definition) is 1. The van der Waals surface area contributed by atoms with Crippen LogP contribution in [-0.4, -0.2) is 17.7 Å². The van der Waals surface area contributed by atoms with Crippen molar-refractivity contribution in [3.63, 3.8) is 0 Å². The molecule has 0 amide bonds. The van der Waals surface area contributed by atoms with Crippen molar-refractivity contribution in [2.75, 3.05) is 6.66 Å². The molecule has 0 bridgehead atoms. The molecule has 0 saturated carbocycles. The van der Waals surface area contributed by atoms with Gasteiger partial charge in [-0.1, -0.05) is 50.3 Å². The van der Waals surface area contributed by atoms with Crippen molar-refractivity contribution in [1.82, 2.24) is 0 Å². The fraction of sp³-hybridized carbons (Fsp3) is 0.625. The molecule has 4 heteroatoms. The summed E-state index contributed by atoms with van der Waals surface area (Å²) in [5.41, 5.74) is -0.493. The molecule has 0 aromatic heterocycles. The molecule has 0 heterocycles. The van der Waals surface area contributed by atoms with E-state index in [0.29, 0.717) is 12.0 Å². The summed E-state index contributed by atoms with van der Waals surface area (Å²) < 4.78 is 27.1. The zero-order valence-corrected chi connectivity index (χ0v) is 13.9. The Balaban J connectivity index is 0.00000172. The fourth-order valence-electron chi connectivity index (χ4n) is 1.93. The van der Waals surface area contributed by atoms with Gasteiger partial charge < -0.3 is 5.11 Å². The van der Waals surface area contributed by atoms with E-state index in [2.05, 4.69) is 9.24 Å². The van der Waals surface area contributed by atoms with Gasteiger partial charge in [-0.05, 0) is 25.3 Å². The maximum Gasteiger partial charge on any atom is 0.248 e. The number of hydrogen-bond acceptors (Lipinski definition) is 1. The maximum atomic E-state index is 13.5. The third-order valence-electron chi connectivity index (χ3n) is 3.27. The molecule has 0 fully saturated rings. The molecule has 116 valence electrons. The normalized spacial score (nSPS) is 14.2. The molecule has 1 rings (SSSR count). The number of rotatable bonds is 7. The van der Waals surface area contributed by atoms with Gasteiger partial charge in [0.2, 0.25) is 5.92 Å². The number of alkyl halides is 2. The quantitative estimate of drug-likeness (QED) is 0.703. The van der Waals surface area contributed by atoms with Gasteiger partial charge in [0.05, 0.1) is 5.60 Å². The SMILES string of the molecule is CCCCC(F)(F)CCC(C)(O)c1ccccc1.CP. The summed E-state index contributed by atoms with van der Waals surface area (Å²) in [6.45, 7) is 5.41. The lowest BCUT2D eigenvalue weighted by Gasteiger charge is -2.26. The maximum absolute atomic E-state index is 13.5. The van der Waals surface area contributed by atoms with Gasteiger partial charge in [0.1, 0.15) is 0 Å². The summed E-state index contributed by atoms with van der Waals surface area (Å²) in [7, 11) is 2.42. The molecule has 0 spiro atoms. The van der Waals surface area contributed by atoms with Crippen LogP contribution in [0.3, 0.4) is 0 Å². The second-order valence-corrected chi connectivity index (χ2v) is 5.10. The smallest absolute Gasteiger partial charge is 0.248 e. The van der Waals surface area contributed by atoms with E-state index in [0.717, 1.165) is 6.42 Å². The number of unbranched alkanes of at least 4 members (excludes halogenated alkanes) is 1. The lowest BCUT2D eigenvalue weighted by atomic mass is 9.89. The van der Waals surface area contributed by atoms with E-state index in [1.807, 2.05) is 19.7 Å². The van der Waals surface area contributed by atoms with E-state index in [1.54, 1.807) is 31.2 Å². The van der Waals surface area contributed by atoms with Crippen LogP contribution in [0.25, 0.3) is 0 Å². The highest BCUT2D eigenvalue weighted by Gasteiger charge is 2.32. The minimum atomic E-state index is -2.67. The Morgan fingerprint density at radius 2 is 1.60 bits per heavy atom. The van der Waals surface area contributed by atoms with Crippen LogP contribution in [-0.2, 0) is 5.60 Å². The summed E-state index contributed by atoms with van der Waals surface area (Å²) in [5.74, 6) is -2.67. The Bertz CT molecular complexity index is 353. The van der Waals surface area contributed by atoms with Crippen LogP contribution in [0.2, 0.25) is 0 Å². The van der Waals surface area contributed by atoms with Crippen LogP contribution in [0.15, 0.2) is 30.3 Å². The van der Waals surface area contributed by atoms with Crippen LogP contribution in [0, 0.1) is 0 Å². The Labute approximate surface area is 124 Å². The monoisotopic (exact) mass is 304 g/mol. The van der Waals surface area contributed by atoms with E-state index in [-0.39, 0.29) is 19.3 Å². The summed E-state index contributed by atoms with van der Waals surface area (Å²) in [5, 5.41) is 10.2. The first kappa shape index (κ1) is 19.5. The largest absolute Gasteiger partial charge is 0.385 e. The summed E-state index contributed by atoms with van der Waals surface area (Å²) in [6, 6.07) is 8.99. The lowest BCUT2D eigenvalue weighted by Crippen LogP contribution is -2.26. The lowest BCUT2D eigenvalue weighted by molar-refractivity contribution is -0.0483. The molecule has 1 aromatic carbocycles. The molecule has 0 saturated heterocycles. The highest BCUT2D eigenvalue weighted by molar-refractivity contribution is 7.15. The van der Waals surface area contributed by atoms with Crippen LogP contribution in [0.4, 0.5) is 8.78 Å². The Morgan fingerprint density at radius 3 is 2.10 bits per heavy atom. The Morgan fingerprint density at radius 1 is 1.05 bits per heavy atom. The third-order valence-corrected chi connectivity index (χ3v) is 3.27. The molecule has 1 nitrogen and oxygen atoms in total. The van der Waals surface area contributed by atoms with Gasteiger partial charge in [-0.3, -0.25) is 0 Å². The molecule has 0 aliphatic heterocycles. The summed E-state index contributed by atoms with van der Waals surface area (Å²) in [6.07, 6.45) is 1.02. The van der Waals surface area contributed by atoms with Crippen LogP contribution < -0.4 is 0 Å². The molecule has 2 unspecified atom stereocenters. The fourth-order valence-corrected chi connectivity index (χ4v) is 1.93. The van der Waals surface area contributed by atoms with Crippen molar-refractivity contribution < 1.29 is 13.9 Å². The van der Waals surface area contributed by atoms with Crippen LogP contribution in [0.1, 0.15) is 51.5 Å². The van der Waals surface area contributed by atoms with Crippen molar-refractivity contribution in [2.45, 2.75) is 57.5 Å². The average molecular weight is 304 g/mol. The molecule has 0 aliphatic carbocycles. The van der Waals surface area contributed by atoms with E-state index in [1.165, 1.54) is 0 Å². The van der Waals surface area contributed by atoms with E-state index < -0.39 is 11.5 Å². The van der Waals surface area contributed by atoms with E-state index in [4.69, 9.17) is 0 Å². The van der Waals surface area contributed by atoms with Gasteiger partial charge >= 0.3 is 0 Å². The van der Waals surface area contributed by atoms with Gasteiger partial charge in [-0.2, -0.15) is 0 Å². The summed E-state index contributed by atoms with van der Waals surface area (Å²) >= 11 is 0. The van der Waals surface area contributed by atoms with Gasteiger partial charge in [-0.25, -0.2) is 8.78 Å². The molecular formula is C16H27F2OP. The topological polar surface area (TPSA) is 20.2 Å². The van der Waals surface area contributed by atoms with Gasteiger partial charge in [0.25, 0.3) is 0 Å². The zero-order valence-electron chi connectivity index (χ0n) is 12.7. The third kappa shape index (κ3) is 7.31. The first-order valence-corrected chi connectivity index (χ1v) is 8.26. The molecule has 0 aliphatic rings.